The topological polar surface area (TPSA) is 80.7 Å². The molecule has 1 aliphatic rings. The van der Waals surface area contributed by atoms with Gasteiger partial charge in [0.05, 0.1) is 17.4 Å². The molecule has 0 bridgehead atoms. The molecule has 2 aromatic rings. The van der Waals surface area contributed by atoms with Crippen LogP contribution in [-0.4, -0.2) is 16.0 Å². The molecular formula is C14H20N4. The van der Waals surface area contributed by atoms with Crippen molar-refractivity contribution in [2.45, 2.75) is 37.8 Å². The molecule has 0 aliphatic heterocycles. The third-order valence-electron chi connectivity index (χ3n) is 4.15. The van der Waals surface area contributed by atoms with Crippen LogP contribution in [0, 0.1) is 5.92 Å². The Hall–Kier alpha value is -1.39. The molecule has 1 heterocycles. The minimum Gasteiger partial charge on any atom is -0.345 e. The van der Waals surface area contributed by atoms with Crippen molar-refractivity contribution in [1.82, 2.24) is 9.97 Å². The van der Waals surface area contributed by atoms with E-state index in [4.69, 9.17) is 11.5 Å². The average Bonchev–Trinajstić information content (AvgIpc) is 2.86. The first-order chi connectivity index (χ1) is 8.74. The van der Waals surface area contributed by atoms with Crippen molar-refractivity contribution in [3.05, 3.63) is 30.1 Å². The fourth-order valence-corrected chi connectivity index (χ4v) is 2.94. The van der Waals surface area contributed by atoms with Crippen molar-refractivity contribution < 1.29 is 0 Å². The Morgan fingerprint density at radius 2 is 2.00 bits per heavy atom. The fraction of sp³-hybridized carbons (Fsp3) is 0.500. The van der Waals surface area contributed by atoms with Crippen LogP contribution in [0.2, 0.25) is 0 Å². The second-order valence-corrected chi connectivity index (χ2v) is 5.38. The minimum absolute atomic E-state index is 0.116. The van der Waals surface area contributed by atoms with Crippen LogP contribution in [0.25, 0.3) is 11.0 Å². The summed E-state index contributed by atoms with van der Waals surface area (Å²) in [5, 5.41) is 0. The average molecular weight is 244 g/mol. The maximum atomic E-state index is 6.40. The van der Waals surface area contributed by atoms with E-state index in [0.717, 1.165) is 36.7 Å². The lowest BCUT2D eigenvalue weighted by Crippen LogP contribution is -2.31. The number of nitrogens with zero attached hydrogens (tertiary/aromatic N) is 1. The number of rotatable bonds is 2. The Balaban J connectivity index is 1.80. The van der Waals surface area contributed by atoms with E-state index < -0.39 is 0 Å². The predicted molar refractivity (Wildman–Crippen MR) is 73.0 cm³/mol. The molecule has 1 unspecified atom stereocenters. The van der Waals surface area contributed by atoms with Crippen LogP contribution < -0.4 is 11.5 Å². The largest absolute Gasteiger partial charge is 0.345 e. The Kier molecular flexibility index (Phi) is 3.06. The van der Waals surface area contributed by atoms with Crippen molar-refractivity contribution in [3.8, 4) is 0 Å². The quantitative estimate of drug-likeness (QED) is 0.756. The molecule has 0 saturated heterocycles. The van der Waals surface area contributed by atoms with Gasteiger partial charge < -0.3 is 16.5 Å². The molecule has 1 aliphatic carbocycles. The molecule has 0 amide bonds. The Bertz CT molecular complexity index is 525. The van der Waals surface area contributed by atoms with Crippen LogP contribution in [0.15, 0.2) is 24.5 Å². The van der Waals surface area contributed by atoms with E-state index >= 15 is 0 Å². The van der Waals surface area contributed by atoms with Crippen LogP contribution in [0.5, 0.6) is 0 Å². The maximum Gasteiger partial charge on any atom is 0.0931 e. The molecule has 1 aromatic heterocycles. The molecule has 4 heteroatoms. The number of nitrogens with one attached hydrogen (secondary N) is 1. The molecule has 1 atom stereocenters. The lowest BCUT2D eigenvalue weighted by Gasteiger charge is -2.30. The summed E-state index contributed by atoms with van der Waals surface area (Å²) in [6.07, 6.45) is 6.21. The first-order valence-electron chi connectivity index (χ1n) is 6.68. The highest BCUT2D eigenvalue weighted by Crippen LogP contribution is 2.33. The van der Waals surface area contributed by atoms with Crippen LogP contribution in [0.3, 0.4) is 0 Å². The molecule has 0 spiro atoms. The molecule has 1 aromatic carbocycles. The van der Waals surface area contributed by atoms with Crippen LogP contribution in [0.4, 0.5) is 0 Å². The van der Waals surface area contributed by atoms with E-state index in [1.54, 1.807) is 6.33 Å². The summed E-state index contributed by atoms with van der Waals surface area (Å²) in [5.41, 5.74) is 15.6. The Morgan fingerprint density at radius 3 is 2.78 bits per heavy atom. The van der Waals surface area contributed by atoms with Crippen molar-refractivity contribution in [2.24, 2.45) is 17.4 Å². The van der Waals surface area contributed by atoms with E-state index in [-0.39, 0.29) is 6.04 Å². The summed E-state index contributed by atoms with van der Waals surface area (Å²) >= 11 is 0. The van der Waals surface area contributed by atoms with Crippen LogP contribution in [-0.2, 0) is 0 Å². The van der Waals surface area contributed by atoms with Gasteiger partial charge in [0.25, 0.3) is 0 Å². The van der Waals surface area contributed by atoms with E-state index in [1.165, 1.54) is 5.56 Å². The van der Waals surface area contributed by atoms with Crippen molar-refractivity contribution in [3.63, 3.8) is 0 Å². The number of nitrogens with two attached hydrogens (primary N) is 2. The SMILES string of the molecule is NC1CCC(C(N)c2ccc3nc[nH]c3c2)CC1. The number of H-pyrrole nitrogens is 1. The van der Waals surface area contributed by atoms with Gasteiger partial charge in [0.1, 0.15) is 0 Å². The third-order valence-corrected chi connectivity index (χ3v) is 4.15. The molecule has 5 N–H and O–H groups in total. The number of aromatic amines is 1. The van der Waals surface area contributed by atoms with E-state index in [0.29, 0.717) is 12.0 Å². The van der Waals surface area contributed by atoms with E-state index in [2.05, 4.69) is 22.1 Å². The summed E-state index contributed by atoms with van der Waals surface area (Å²) in [5.74, 6) is 0.560. The second kappa shape index (κ2) is 4.71. The normalized spacial score (nSPS) is 26.3. The molecule has 4 nitrogen and oxygen atoms in total. The van der Waals surface area contributed by atoms with Crippen molar-refractivity contribution >= 4 is 11.0 Å². The van der Waals surface area contributed by atoms with Crippen LogP contribution >= 0.6 is 0 Å². The monoisotopic (exact) mass is 244 g/mol. The molecular weight excluding hydrogens is 224 g/mol. The molecule has 96 valence electrons. The molecule has 0 radical (unpaired) electrons. The van der Waals surface area contributed by atoms with E-state index in [9.17, 15) is 0 Å². The Morgan fingerprint density at radius 1 is 1.22 bits per heavy atom. The molecule has 3 rings (SSSR count). The number of benzene rings is 1. The summed E-state index contributed by atoms with van der Waals surface area (Å²) in [7, 11) is 0. The number of aromatic nitrogens is 2. The molecule has 1 saturated carbocycles. The zero-order valence-corrected chi connectivity index (χ0v) is 10.5. The van der Waals surface area contributed by atoms with Gasteiger partial charge in [-0.1, -0.05) is 6.07 Å². The summed E-state index contributed by atoms with van der Waals surface area (Å²) in [4.78, 5) is 7.37. The van der Waals surface area contributed by atoms with Gasteiger partial charge in [-0.25, -0.2) is 4.98 Å². The standard InChI is InChI=1S/C14H20N4/c15-11-4-1-9(2-5-11)14(16)10-3-6-12-13(7-10)18-8-17-12/h3,6-9,11,14H,1-2,4-5,15-16H2,(H,17,18). The van der Waals surface area contributed by atoms with Gasteiger partial charge in [-0.05, 0) is 49.3 Å². The molecule has 1 fully saturated rings. The number of imidazole rings is 1. The predicted octanol–water partition coefficient (Wildman–Crippen LogP) is 2.08. The number of hydrogen-bond donors (Lipinski definition) is 3. The van der Waals surface area contributed by atoms with E-state index in [1.807, 2.05) is 6.07 Å². The zero-order chi connectivity index (χ0) is 12.5. The van der Waals surface area contributed by atoms with Gasteiger partial charge >= 0.3 is 0 Å². The van der Waals surface area contributed by atoms with Gasteiger partial charge in [-0.15, -0.1) is 0 Å². The lowest BCUT2D eigenvalue weighted by molar-refractivity contribution is 0.285. The first kappa shape index (κ1) is 11.7. The van der Waals surface area contributed by atoms with Gasteiger partial charge in [0.2, 0.25) is 0 Å². The number of fused-ring (bicyclic) bond motifs is 1. The third kappa shape index (κ3) is 2.13. The van der Waals surface area contributed by atoms with Gasteiger partial charge in [-0.2, -0.15) is 0 Å². The first-order valence-corrected chi connectivity index (χ1v) is 6.68. The van der Waals surface area contributed by atoms with Gasteiger partial charge in [0, 0.05) is 12.1 Å². The smallest absolute Gasteiger partial charge is 0.0931 e. The molecule has 18 heavy (non-hydrogen) atoms. The highest BCUT2D eigenvalue weighted by molar-refractivity contribution is 5.75. The summed E-state index contributed by atoms with van der Waals surface area (Å²) in [6, 6.07) is 6.76. The highest BCUT2D eigenvalue weighted by Gasteiger charge is 2.25. The van der Waals surface area contributed by atoms with Crippen molar-refractivity contribution in [2.75, 3.05) is 0 Å². The van der Waals surface area contributed by atoms with Crippen LogP contribution in [0.1, 0.15) is 37.3 Å². The van der Waals surface area contributed by atoms with Gasteiger partial charge in [0.15, 0.2) is 0 Å². The van der Waals surface area contributed by atoms with Crippen molar-refractivity contribution in [1.29, 1.82) is 0 Å². The van der Waals surface area contributed by atoms with Gasteiger partial charge in [-0.3, -0.25) is 0 Å². The fourth-order valence-electron chi connectivity index (χ4n) is 2.94. The summed E-state index contributed by atoms with van der Waals surface area (Å²) < 4.78 is 0. The number of hydrogen-bond acceptors (Lipinski definition) is 3. The maximum absolute atomic E-state index is 6.40. The Labute approximate surface area is 107 Å². The second-order valence-electron chi connectivity index (χ2n) is 5.38. The summed E-state index contributed by atoms with van der Waals surface area (Å²) in [6.45, 7) is 0. The zero-order valence-electron chi connectivity index (χ0n) is 10.5. The lowest BCUT2D eigenvalue weighted by atomic mass is 9.80. The minimum atomic E-state index is 0.116. The highest BCUT2D eigenvalue weighted by atomic mass is 14.9.